The lowest BCUT2D eigenvalue weighted by Crippen LogP contribution is -1.92. The van der Waals surface area contributed by atoms with Crippen LogP contribution in [-0.4, -0.2) is 4.57 Å². The number of rotatable bonds is 4. The van der Waals surface area contributed by atoms with Crippen molar-refractivity contribution in [3.8, 4) is 39.1 Å². The standard InChI is InChI=1S/C48H29NOS/c1-2-11-36(12-3-1)49-43-15-6-4-13-37(43)39-26-32(17-21-44(39)49)34-19-23-46-41(28-34)40-27-33(18-22-45(40)50-46)30-9-8-10-31(25-30)35-20-24-48-42(29-35)38-14-5-7-16-47(38)51-48/h1-29H. The summed E-state index contributed by atoms with van der Waals surface area (Å²) >= 11 is 1.86. The molecule has 0 aliphatic carbocycles. The Balaban J connectivity index is 1.00. The first-order valence-electron chi connectivity index (χ1n) is 17.3. The molecule has 11 rings (SSSR count). The first-order chi connectivity index (χ1) is 25.2. The molecule has 0 unspecified atom stereocenters. The van der Waals surface area contributed by atoms with Crippen LogP contribution in [0.15, 0.2) is 180 Å². The van der Waals surface area contributed by atoms with Crippen molar-refractivity contribution in [1.82, 2.24) is 4.57 Å². The molecule has 3 heterocycles. The highest BCUT2D eigenvalue weighted by Crippen LogP contribution is 2.40. The maximum atomic E-state index is 6.37. The number of para-hydroxylation sites is 2. The Labute approximate surface area is 298 Å². The molecule has 0 saturated carbocycles. The lowest BCUT2D eigenvalue weighted by molar-refractivity contribution is 0.669. The first-order valence-corrected chi connectivity index (χ1v) is 18.1. The summed E-state index contributed by atoms with van der Waals surface area (Å²) in [6.07, 6.45) is 0. The van der Waals surface area contributed by atoms with Crippen molar-refractivity contribution < 1.29 is 4.42 Å². The van der Waals surface area contributed by atoms with Gasteiger partial charge in [0.2, 0.25) is 0 Å². The molecule has 0 fully saturated rings. The molecule has 3 aromatic heterocycles. The minimum absolute atomic E-state index is 0.901. The SMILES string of the molecule is c1ccc(-n2c3ccccc3c3cc(-c4ccc5oc6ccc(-c7cccc(-c8ccc9sc%10ccccc%10c9c8)c7)cc6c5c4)ccc32)cc1. The van der Waals surface area contributed by atoms with Gasteiger partial charge in [-0.3, -0.25) is 0 Å². The van der Waals surface area contributed by atoms with E-state index in [1.54, 1.807) is 0 Å². The van der Waals surface area contributed by atoms with E-state index in [0.717, 1.165) is 21.9 Å². The predicted molar refractivity (Wildman–Crippen MR) is 217 cm³/mol. The van der Waals surface area contributed by atoms with E-state index in [9.17, 15) is 0 Å². The van der Waals surface area contributed by atoms with Gasteiger partial charge in [-0.25, -0.2) is 0 Å². The summed E-state index contributed by atoms with van der Waals surface area (Å²) in [5.41, 5.74) is 12.6. The van der Waals surface area contributed by atoms with Crippen LogP contribution >= 0.6 is 11.3 Å². The van der Waals surface area contributed by atoms with E-state index in [1.165, 1.54) is 81.0 Å². The summed E-state index contributed by atoms with van der Waals surface area (Å²) in [6.45, 7) is 0. The molecule has 51 heavy (non-hydrogen) atoms. The smallest absolute Gasteiger partial charge is 0.135 e. The predicted octanol–water partition coefficient (Wildman–Crippen LogP) is 14.1. The summed E-state index contributed by atoms with van der Waals surface area (Å²) in [4.78, 5) is 0. The van der Waals surface area contributed by atoms with E-state index in [2.05, 4.69) is 180 Å². The van der Waals surface area contributed by atoms with Crippen LogP contribution in [-0.2, 0) is 0 Å². The summed E-state index contributed by atoms with van der Waals surface area (Å²) in [7, 11) is 0. The largest absolute Gasteiger partial charge is 0.456 e. The quantitative estimate of drug-likeness (QED) is 0.183. The van der Waals surface area contributed by atoms with Gasteiger partial charge in [-0.05, 0) is 112 Å². The van der Waals surface area contributed by atoms with Crippen molar-refractivity contribution >= 4 is 75.3 Å². The van der Waals surface area contributed by atoms with Crippen LogP contribution < -0.4 is 0 Å². The number of nitrogens with zero attached hydrogens (tertiary/aromatic N) is 1. The Kier molecular flexibility index (Phi) is 6.16. The average molecular weight is 668 g/mol. The third kappa shape index (κ3) is 4.49. The molecule has 0 radical (unpaired) electrons. The molecule has 0 saturated heterocycles. The average Bonchev–Trinajstić information content (AvgIpc) is 3.86. The molecule has 2 nitrogen and oxygen atoms in total. The summed E-state index contributed by atoms with van der Waals surface area (Å²) in [5.74, 6) is 0. The van der Waals surface area contributed by atoms with E-state index < -0.39 is 0 Å². The summed E-state index contributed by atoms with van der Waals surface area (Å²) in [5, 5.41) is 7.40. The number of hydrogen-bond acceptors (Lipinski definition) is 2. The Morgan fingerprint density at radius 2 is 0.863 bits per heavy atom. The van der Waals surface area contributed by atoms with Crippen molar-refractivity contribution in [2.45, 2.75) is 0 Å². The fourth-order valence-corrected chi connectivity index (χ4v) is 9.01. The maximum absolute atomic E-state index is 6.37. The van der Waals surface area contributed by atoms with Crippen molar-refractivity contribution in [3.05, 3.63) is 176 Å². The topological polar surface area (TPSA) is 18.1 Å². The van der Waals surface area contributed by atoms with E-state index in [0.29, 0.717) is 0 Å². The third-order valence-corrected chi connectivity index (χ3v) is 11.5. The van der Waals surface area contributed by atoms with Gasteiger partial charge in [-0.2, -0.15) is 0 Å². The van der Waals surface area contributed by atoms with Crippen LogP contribution in [0.5, 0.6) is 0 Å². The molecule has 0 aliphatic rings. The molecule has 238 valence electrons. The lowest BCUT2D eigenvalue weighted by atomic mass is 9.96. The van der Waals surface area contributed by atoms with Gasteiger partial charge in [0.15, 0.2) is 0 Å². The highest BCUT2D eigenvalue weighted by Gasteiger charge is 2.15. The van der Waals surface area contributed by atoms with Crippen molar-refractivity contribution in [3.63, 3.8) is 0 Å². The second kappa shape index (κ2) is 11.0. The molecule has 0 amide bonds. The lowest BCUT2D eigenvalue weighted by Gasteiger charge is -2.08. The van der Waals surface area contributed by atoms with E-state index in [-0.39, 0.29) is 0 Å². The van der Waals surface area contributed by atoms with E-state index in [4.69, 9.17) is 4.42 Å². The second-order valence-corrected chi connectivity index (χ2v) is 14.4. The summed E-state index contributed by atoms with van der Waals surface area (Å²) < 4.78 is 11.4. The van der Waals surface area contributed by atoms with Gasteiger partial charge >= 0.3 is 0 Å². The van der Waals surface area contributed by atoms with Crippen LogP contribution in [0, 0.1) is 0 Å². The van der Waals surface area contributed by atoms with Crippen LogP contribution in [0.25, 0.3) is 103 Å². The number of aromatic nitrogens is 1. The molecule has 0 aliphatic heterocycles. The second-order valence-electron chi connectivity index (χ2n) is 13.3. The van der Waals surface area contributed by atoms with Crippen molar-refractivity contribution in [2.75, 3.05) is 0 Å². The Morgan fingerprint density at radius 3 is 1.61 bits per heavy atom. The van der Waals surface area contributed by atoms with Gasteiger partial charge in [-0.1, -0.05) is 97.1 Å². The highest BCUT2D eigenvalue weighted by atomic mass is 32.1. The molecular formula is C48H29NOS. The minimum Gasteiger partial charge on any atom is -0.456 e. The van der Waals surface area contributed by atoms with Crippen LogP contribution in [0.2, 0.25) is 0 Å². The van der Waals surface area contributed by atoms with Crippen molar-refractivity contribution in [1.29, 1.82) is 0 Å². The Bertz CT molecular complexity index is 3140. The fraction of sp³-hybridized carbons (Fsp3) is 0. The molecule has 0 atom stereocenters. The van der Waals surface area contributed by atoms with Gasteiger partial charge in [0.1, 0.15) is 11.2 Å². The molecule has 11 aromatic rings. The normalized spacial score (nSPS) is 11.9. The molecule has 0 N–H and O–H groups in total. The van der Waals surface area contributed by atoms with Crippen LogP contribution in [0.4, 0.5) is 0 Å². The zero-order chi connectivity index (χ0) is 33.5. The molecule has 0 bridgehead atoms. The Hall–Kier alpha value is -6.42. The molecular weight excluding hydrogens is 639 g/mol. The van der Waals surface area contributed by atoms with Crippen LogP contribution in [0.1, 0.15) is 0 Å². The zero-order valence-corrected chi connectivity index (χ0v) is 28.3. The van der Waals surface area contributed by atoms with Gasteiger partial charge < -0.3 is 8.98 Å². The number of fused-ring (bicyclic) bond motifs is 9. The minimum atomic E-state index is 0.901. The number of hydrogen-bond donors (Lipinski definition) is 0. The third-order valence-electron chi connectivity index (χ3n) is 10.4. The number of thiophene rings is 1. The van der Waals surface area contributed by atoms with E-state index >= 15 is 0 Å². The fourth-order valence-electron chi connectivity index (χ4n) is 7.93. The highest BCUT2D eigenvalue weighted by molar-refractivity contribution is 7.25. The van der Waals surface area contributed by atoms with Gasteiger partial charge in [0.05, 0.1) is 11.0 Å². The van der Waals surface area contributed by atoms with Gasteiger partial charge in [0, 0.05) is 47.4 Å². The molecule has 0 spiro atoms. The number of benzene rings is 8. The number of furan rings is 1. The summed E-state index contributed by atoms with van der Waals surface area (Å²) in [6, 6.07) is 63.8. The zero-order valence-electron chi connectivity index (χ0n) is 27.5. The Morgan fingerprint density at radius 1 is 0.333 bits per heavy atom. The van der Waals surface area contributed by atoms with Crippen LogP contribution in [0.3, 0.4) is 0 Å². The monoisotopic (exact) mass is 667 g/mol. The van der Waals surface area contributed by atoms with Crippen molar-refractivity contribution in [2.24, 2.45) is 0 Å². The first kappa shape index (κ1) is 28.4. The molecule has 3 heteroatoms. The molecule has 8 aromatic carbocycles. The van der Waals surface area contributed by atoms with E-state index in [1.807, 2.05) is 11.3 Å². The maximum Gasteiger partial charge on any atom is 0.135 e. The van der Waals surface area contributed by atoms with Gasteiger partial charge in [-0.15, -0.1) is 11.3 Å². The van der Waals surface area contributed by atoms with Gasteiger partial charge in [0.25, 0.3) is 0 Å².